The van der Waals surface area contributed by atoms with Gasteiger partial charge in [0.2, 0.25) is 0 Å². The van der Waals surface area contributed by atoms with Crippen molar-refractivity contribution in [3.05, 3.63) is 35.1 Å². The molecule has 1 heterocycles. The van der Waals surface area contributed by atoms with Gasteiger partial charge in [-0.3, -0.25) is 0 Å². The molecule has 17 heavy (non-hydrogen) atoms. The van der Waals surface area contributed by atoms with Crippen LogP contribution in [-0.2, 0) is 0 Å². The van der Waals surface area contributed by atoms with Gasteiger partial charge in [-0.2, -0.15) is 5.26 Å². The van der Waals surface area contributed by atoms with E-state index < -0.39 is 0 Å². The Balaban J connectivity index is 2.17. The molecule has 0 aromatic carbocycles. The molecule has 4 heteroatoms. The van der Waals surface area contributed by atoms with Crippen LogP contribution in [0.25, 0.3) is 5.70 Å². The van der Waals surface area contributed by atoms with Crippen LogP contribution in [0.1, 0.15) is 25.3 Å². The second-order valence-electron chi connectivity index (χ2n) is 4.18. The van der Waals surface area contributed by atoms with Gasteiger partial charge in [0.25, 0.3) is 0 Å². The zero-order valence-electron chi connectivity index (χ0n) is 9.65. The maximum Gasteiger partial charge on any atom is 0.138 e. The molecular weight excluding hydrogens is 234 g/mol. The van der Waals surface area contributed by atoms with Crippen LogP contribution in [-0.4, -0.2) is 11.0 Å². The van der Waals surface area contributed by atoms with Crippen molar-refractivity contribution in [3.8, 4) is 6.07 Å². The molecule has 0 amide bonds. The third-order valence-corrected chi connectivity index (χ3v) is 3.35. The number of hydrogen-bond donors (Lipinski definition) is 1. The average molecular weight is 248 g/mol. The summed E-state index contributed by atoms with van der Waals surface area (Å²) in [5.74, 6) is 0.715. The van der Waals surface area contributed by atoms with Gasteiger partial charge in [-0.05, 0) is 24.5 Å². The molecule has 88 valence electrons. The first kappa shape index (κ1) is 11.9. The van der Waals surface area contributed by atoms with Gasteiger partial charge >= 0.3 is 0 Å². The number of nitrogens with zero attached hydrogens (tertiary/aromatic N) is 2. The van der Waals surface area contributed by atoms with Gasteiger partial charge in [0.1, 0.15) is 5.15 Å². The zero-order chi connectivity index (χ0) is 12.3. The maximum atomic E-state index is 8.82. The van der Waals surface area contributed by atoms with Gasteiger partial charge in [-0.15, -0.1) is 0 Å². The average Bonchev–Trinajstić information content (AvgIpc) is 3.08. The molecular formula is C13H14ClN3. The summed E-state index contributed by atoms with van der Waals surface area (Å²) >= 11 is 6.03. The number of hydrogen-bond acceptors (Lipinski definition) is 3. The van der Waals surface area contributed by atoms with Gasteiger partial charge in [-0.1, -0.05) is 24.9 Å². The first-order valence-corrected chi connectivity index (χ1v) is 6.11. The van der Waals surface area contributed by atoms with E-state index in [0.29, 0.717) is 17.1 Å². The molecule has 0 radical (unpaired) electrons. The van der Waals surface area contributed by atoms with Crippen LogP contribution in [0.15, 0.2) is 24.4 Å². The van der Waals surface area contributed by atoms with Crippen molar-refractivity contribution in [2.45, 2.75) is 25.8 Å². The summed E-state index contributed by atoms with van der Waals surface area (Å²) in [7, 11) is 0. The fraction of sp³-hybridized carbons (Fsp3) is 0.385. The minimum absolute atomic E-state index is 0.426. The van der Waals surface area contributed by atoms with Gasteiger partial charge < -0.3 is 5.32 Å². The number of halogens is 1. The predicted molar refractivity (Wildman–Crippen MR) is 68.2 cm³/mol. The summed E-state index contributed by atoms with van der Waals surface area (Å²) in [6, 6.07) is 6.20. The van der Waals surface area contributed by atoms with Crippen LogP contribution in [0.3, 0.4) is 0 Å². The van der Waals surface area contributed by atoms with E-state index in [1.807, 2.05) is 18.2 Å². The normalized spacial score (nSPS) is 23.0. The summed E-state index contributed by atoms with van der Waals surface area (Å²) in [4.78, 5) is 4.02. The Morgan fingerprint density at radius 1 is 1.76 bits per heavy atom. The van der Waals surface area contributed by atoms with E-state index in [9.17, 15) is 0 Å². The molecule has 0 bridgehead atoms. The second kappa shape index (κ2) is 5.20. The predicted octanol–water partition coefficient (Wildman–Crippen LogP) is 2.99. The quantitative estimate of drug-likeness (QED) is 0.657. The Hall–Kier alpha value is -1.53. The van der Waals surface area contributed by atoms with E-state index in [1.165, 1.54) is 6.08 Å². The summed E-state index contributed by atoms with van der Waals surface area (Å²) in [5.41, 5.74) is 1.56. The zero-order valence-corrected chi connectivity index (χ0v) is 10.4. The molecule has 1 aromatic heterocycles. The highest BCUT2D eigenvalue weighted by atomic mass is 35.5. The van der Waals surface area contributed by atoms with E-state index in [4.69, 9.17) is 16.9 Å². The van der Waals surface area contributed by atoms with E-state index in [1.54, 1.807) is 6.20 Å². The molecule has 1 N–H and O–H groups in total. The Morgan fingerprint density at radius 3 is 3.18 bits per heavy atom. The summed E-state index contributed by atoms with van der Waals surface area (Å²) < 4.78 is 0. The molecule has 2 unspecified atom stereocenters. The monoisotopic (exact) mass is 247 g/mol. The van der Waals surface area contributed by atoms with Crippen LogP contribution < -0.4 is 5.32 Å². The summed E-state index contributed by atoms with van der Waals surface area (Å²) in [6.45, 7) is 2.18. The van der Waals surface area contributed by atoms with Crippen LogP contribution in [0.4, 0.5) is 0 Å². The Kier molecular flexibility index (Phi) is 3.65. The first-order chi connectivity index (χ1) is 8.26. The standard InChI is InChI=1S/C13H14ClN3/c1-2-9-8-12(9)17-11(5-6-15)10-4-3-7-16-13(10)14/h3-5,7,9,12,17H,2,8H2,1H3. The number of aromatic nitrogens is 1. The Labute approximate surface area is 106 Å². The third-order valence-electron chi connectivity index (χ3n) is 3.05. The molecule has 0 aliphatic heterocycles. The van der Waals surface area contributed by atoms with Crippen LogP contribution in [0.2, 0.25) is 5.15 Å². The molecule has 3 nitrogen and oxygen atoms in total. The Bertz CT molecular complexity index is 476. The lowest BCUT2D eigenvalue weighted by molar-refractivity contribution is 0.715. The van der Waals surface area contributed by atoms with E-state index in [2.05, 4.69) is 17.2 Å². The first-order valence-electron chi connectivity index (χ1n) is 5.73. The number of rotatable bonds is 4. The van der Waals surface area contributed by atoms with Gasteiger partial charge in [-0.25, -0.2) is 4.98 Å². The van der Waals surface area contributed by atoms with E-state index >= 15 is 0 Å². The van der Waals surface area contributed by atoms with Crippen molar-refractivity contribution < 1.29 is 0 Å². The van der Waals surface area contributed by atoms with Crippen LogP contribution >= 0.6 is 11.6 Å². The largest absolute Gasteiger partial charge is 0.381 e. The van der Waals surface area contributed by atoms with E-state index in [-0.39, 0.29) is 0 Å². The van der Waals surface area contributed by atoms with Crippen molar-refractivity contribution in [1.29, 1.82) is 5.26 Å². The molecule has 2 rings (SSSR count). The van der Waals surface area contributed by atoms with Crippen LogP contribution in [0, 0.1) is 17.2 Å². The highest BCUT2D eigenvalue weighted by Gasteiger charge is 2.35. The molecule has 0 saturated heterocycles. The number of nitriles is 1. The molecule has 1 fully saturated rings. The second-order valence-corrected chi connectivity index (χ2v) is 4.54. The Morgan fingerprint density at radius 2 is 2.59 bits per heavy atom. The molecule has 1 aromatic rings. The minimum atomic E-state index is 0.426. The number of allylic oxidation sites excluding steroid dienone is 1. The van der Waals surface area contributed by atoms with Crippen molar-refractivity contribution in [2.75, 3.05) is 0 Å². The SMILES string of the molecule is CCC1CC1NC(=CC#N)c1cccnc1Cl. The van der Waals surface area contributed by atoms with Crippen molar-refractivity contribution in [3.63, 3.8) is 0 Å². The molecule has 2 atom stereocenters. The van der Waals surface area contributed by atoms with Crippen molar-refractivity contribution in [1.82, 2.24) is 10.3 Å². The van der Waals surface area contributed by atoms with Gasteiger partial charge in [0, 0.05) is 23.9 Å². The van der Waals surface area contributed by atoms with Crippen molar-refractivity contribution in [2.24, 2.45) is 5.92 Å². The lowest BCUT2D eigenvalue weighted by Gasteiger charge is -2.10. The number of pyridine rings is 1. The fourth-order valence-electron chi connectivity index (χ4n) is 1.92. The molecule has 1 aliphatic carbocycles. The lowest BCUT2D eigenvalue weighted by Crippen LogP contribution is -2.17. The summed E-state index contributed by atoms with van der Waals surface area (Å²) in [5, 5.41) is 12.6. The number of nitrogens with one attached hydrogen (secondary N) is 1. The highest BCUT2D eigenvalue weighted by Crippen LogP contribution is 2.35. The highest BCUT2D eigenvalue weighted by molar-refractivity contribution is 6.31. The lowest BCUT2D eigenvalue weighted by atomic mass is 10.2. The molecule has 0 spiro atoms. The maximum absolute atomic E-state index is 8.82. The van der Waals surface area contributed by atoms with Gasteiger partial charge in [0.15, 0.2) is 0 Å². The van der Waals surface area contributed by atoms with Gasteiger partial charge in [0.05, 0.1) is 11.8 Å². The minimum Gasteiger partial charge on any atom is -0.381 e. The fourth-order valence-corrected chi connectivity index (χ4v) is 2.15. The van der Waals surface area contributed by atoms with Crippen LogP contribution in [0.5, 0.6) is 0 Å². The smallest absolute Gasteiger partial charge is 0.138 e. The van der Waals surface area contributed by atoms with Crippen molar-refractivity contribution >= 4 is 17.3 Å². The summed E-state index contributed by atoms with van der Waals surface area (Å²) in [6.07, 6.45) is 5.46. The third kappa shape index (κ3) is 2.78. The molecule has 1 saturated carbocycles. The van der Waals surface area contributed by atoms with E-state index in [0.717, 1.165) is 24.1 Å². The topological polar surface area (TPSA) is 48.7 Å². The molecule has 1 aliphatic rings.